The fourth-order valence-corrected chi connectivity index (χ4v) is 3.52. The zero-order valence-corrected chi connectivity index (χ0v) is 19.0. The van der Waals surface area contributed by atoms with E-state index in [2.05, 4.69) is 10.6 Å². The van der Waals surface area contributed by atoms with Gasteiger partial charge in [0.05, 0.1) is 18.7 Å². The Morgan fingerprint density at radius 1 is 1.06 bits per heavy atom. The van der Waals surface area contributed by atoms with Crippen molar-refractivity contribution in [2.45, 2.75) is 33.3 Å². The molecule has 2 atom stereocenters. The minimum atomic E-state index is -1.05. The van der Waals surface area contributed by atoms with Gasteiger partial charge < -0.3 is 25.0 Å². The smallest absolute Gasteiger partial charge is 0.312 e. The number of nitrogens with one attached hydrogen (secondary N) is 2. The van der Waals surface area contributed by atoms with Crippen molar-refractivity contribution >= 4 is 40.8 Å². The van der Waals surface area contributed by atoms with E-state index in [0.29, 0.717) is 22.8 Å². The van der Waals surface area contributed by atoms with Crippen LogP contribution in [0.2, 0.25) is 0 Å². The highest BCUT2D eigenvalue weighted by molar-refractivity contribution is 6.01. The Morgan fingerprint density at radius 3 is 2.30 bits per heavy atom. The molecule has 1 aliphatic rings. The van der Waals surface area contributed by atoms with Crippen LogP contribution < -0.4 is 20.3 Å². The second-order valence-corrected chi connectivity index (χ2v) is 7.91. The number of carbonyl (C=O) groups is 4. The van der Waals surface area contributed by atoms with Crippen LogP contribution in [0.1, 0.15) is 25.8 Å². The fraction of sp³-hybridized carbons (Fsp3) is 0.333. The number of rotatable bonds is 7. The van der Waals surface area contributed by atoms with Crippen LogP contribution in [0.4, 0.5) is 17.1 Å². The Labute approximate surface area is 192 Å². The van der Waals surface area contributed by atoms with Gasteiger partial charge in [0.1, 0.15) is 5.75 Å². The molecule has 0 radical (unpaired) electrons. The van der Waals surface area contributed by atoms with E-state index in [0.717, 1.165) is 5.56 Å². The summed E-state index contributed by atoms with van der Waals surface area (Å²) in [5.41, 5.74) is 2.65. The number of benzene rings is 2. The molecule has 1 aliphatic heterocycles. The summed E-state index contributed by atoms with van der Waals surface area (Å²) >= 11 is 0. The largest absolute Gasteiger partial charge is 0.495 e. The molecule has 3 amide bonds. The predicted molar refractivity (Wildman–Crippen MR) is 123 cm³/mol. The number of nitrogens with zero attached hydrogens (tertiary/aromatic N) is 1. The first-order chi connectivity index (χ1) is 15.7. The van der Waals surface area contributed by atoms with E-state index in [9.17, 15) is 19.2 Å². The van der Waals surface area contributed by atoms with Crippen LogP contribution in [0.3, 0.4) is 0 Å². The summed E-state index contributed by atoms with van der Waals surface area (Å²) < 4.78 is 10.7. The highest BCUT2D eigenvalue weighted by atomic mass is 16.5. The first-order valence-corrected chi connectivity index (χ1v) is 10.5. The molecule has 33 heavy (non-hydrogen) atoms. The molecule has 9 heteroatoms. The summed E-state index contributed by atoms with van der Waals surface area (Å²) in [5, 5.41) is 5.29. The molecule has 1 saturated heterocycles. The molecule has 0 unspecified atom stereocenters. The summed E-state index contributed by atoms with van der Waals surface area (Å²) in [4.78, 5) is 50.3. The summed E-state index contributed by atoms with van der Waals surface area (Å²) in [7, 11) is 1.52. The molecule has 2 aromatic rings. The third kappa shape index (κ3) is 5.88. The van der Waals surface area contributed by atoms with Gasteiger partial charge >= 0.3 is 5.97 Å². The molecule has 0 saturated carbocycles. The van der Waals surface area contributed by atoms with Crippen LogP contribution in [0.5, 0.6) is 5.75 Å². The predicted octanol–water partition coefficient (Wildman–Crippen LogP) is 2.89. The van der Waals surface area contributed by atoms with Crippen molar-refractivity contribution in [2.75, 3.05) is 29.2 Å². The number of hydrogen-bond donors (Lipinski definition) is 2. The summed E-state index contributed by atoms with van der Waals surface area (Å²) in [6.07, 6.45) is -1.06. The quantitative estimate of drug-likeness (QED) is 0.623. The maximum atomic E-state index is 12.7. The van der Waals surface area contributed by atoms with E-state index in [-0.39, 0.29) is 24.8 Å². The number of anilines is 3. The molecule has 1 fully saturated rings. The lowest BCUT2D eigenvalue weighted by Crippen LogP contribution is -2.33. The van der Waals surface area contributed by atoms with Crippen LogP contribution in [-0.2, 0) is 23.9 Å². The molecule has 3 rings (SSSR count). The van der Waals surface area contributed by atoms with Crippen LogP contribution >= 0.6 is 0 Å². The Morgan fingerprint density at radius 2 is 1.70 bits per heavy atom. The third-order valence-corrected chi connectivity index (χ3v) is 5.22. The highest BCUT2D eigenvalue weighted by Crippen LogP contribution is 2.34. The topological polar surface area (TPSA) is 114 Å². The number of esters is 1. The standard InChI is InChI=1S/C24H27N3O6/c1-14-5-10-21(32-4)20(11-14)27-13-17(12-22(27)29)24(31)33-15(2)23(30)26-19-8-6-18(7-9-19)25-16(3)28/h5-11,15,17H,12-13H2,1-4H3,(H,25,28)(H,26,30)/t15-,17-/m0/s1. The van der Waals surface area contributed by atoms with Crippen LogP contribution in [-0.4, -0.2) is 43.4 Å². The zero-order chi connectivity index (χ0) is 24.1. The van der Waals surface area contributed by atoms with E-state index < -0.39 is 23.9 Å². The molecule has 2 N–H and O–H groups in total. The van der Waals surface area contributed by atoms with E-state index in [4.69, 9.17) is 9.47 Å². The van der Waals surface area contributed by atoms with Gasteiger partial charge in [-0.1, -0.05) is 6.07 Å². The number of ether oxygens (including phenoxy) is 2. The van der Waals surface area contributed by atoms with Gasteiger partial charge in [0.15, 0.2) is 6.10 Å². The number of hydrogen-bond acceptors (Lipinski definition) is 6. The number of amides is 3. The average molecular weight is 453 g/mol. The van der Waals surface area contributed by atoms with Crippen LogP contribution in [0.15, 0.2) is 42.5 Å². The van der Waals surface area contributed by atoms with Crippen molar-refractivity contribution < 1.29 is 28.7 Å². The first-order valence-electron chi connectivity index (χ1n) is 10.5. The SMILES string of the molecule is COc1ccc(C)cc1N1C[C@@H](C(=O)O[C@@H](C)C(=O)Nc2ccc(NC(C)=O)cc2)CC1=O. The third-order valence-electron chi connectivity index (χ3n) is 5.22. The van der Waals surface area contributed by atoms with E-state index in [1.165, 1.54) is 25.9 Å². The summed E-state index contributed by atoms with van der Waals surface area (Å²) in [5.74, 6) is -1.66. The van der Waals surface area contributed by atoms with E-state index >= 15 is 0 Å². The lowest BCUT2D eigenvalue weighted by molar-refractivity contribution is -0.157. The monoisotopic (exact) mass is 453 g/mol. The Hall–Kier alpha value is -3.88. The Balaban J connectivity index is 1.58. The molecule has 0 bridgehead atoms. The van der Waals surface area contributed by atoms with Gasteiger partial charge in [-0.25, -0.2) is 0 Å². The second-order valence-electron chi connectivity index (χ2n) is 7.91. The number of aryl methyl sites for hydroxylation is 1. The van der Waals surface area contributed by atoms with Gasteiger partial charge in [-0.05, 0) is 55.8 Å². The van der Waals surface area contributed by atoms with Gasteiger partial charge in [0, 0.05) is 31.3 Å². The molecule has 2 aromatic carbocycles. The zero-order valence-electron chi connectivity index (χ0n) is 19.0. The van der Waals surface area contributed by atoms with E-state index in [1.54, 1.807) is 30.3 Å². The van der Waals surface area contributed by atoms with Crippen molar-refractivity contribution in [1.82, 2.24) is 0 Å². The summed E-state index contributed by atoms with van der Waals surface area (Å²) in [6, 6.07) is 12.0. The van der Waals surface area contributed by atoms with Gasteiger partial charge in [-0.2, -0.15) is 0 Å². The Kier molecular flexibility index (Phi) is 7.32. The van der Waals surface area contributed by atoms with Crippen molar-refractivity contribution in [3.63, 3.8) is 0 Å². The first kappa shape index (κ1) is 23.8. The van der Waals surface area contributed by atoms with Crippen molar-refractivity contribution in [3.05, 3.63) is 48.0 Å². The lowest BCUT2D eigenvalue weighted by Gasteiger charge is -2.20. The molecule has 9 nitrogen and oxygen atoms in total. The fourth-order valence-electron chi connectivity index (χ4n) is 3.52. The van der Waals surface area contributed by atoms with Crippen LogP contribution in [0.25, 0.3) is 0 Å². The summed E-state index contributed by atoms with van der Waals surface area (Å²) in [6.45, 7) is 4.93. The average Bonchev–Trinajstić information content (AvgIpc) is 3.16. The van der Waals surface area contributed by atoms with Gasteiger partial charge in [0.2, 0.25) is 11.8 Å². The molecule has 0 aliphatic carbocycles. The number of carbonyl (C=O) groups excluding carboxylic acids is 4. The van der Waals surface area contributed by atoms with Gasteiger partial charge in [-0.15, -0.1) is 0 Å². The molecule has 174 valence electrons. The van der Waals surface area contributed by atoms with Gasteiger partial charge in [-0.3, -0.25) is 19.2 Å². The second kappa shape index (κ2) is 10.2. The molecule has 1 heterocycles. The maximum absolute atomic E-state index is 12.7. The minimum Gasteiger partial charge on any atom is -0.495 e. The maximum Gasteiger partial charge on any atom is 0.312 e. The Bertz CT molecular complexity index is 1070. The molecular weight excluding hydrogens is 426 g/mol. The van der Waals surface area contributed by atoms with E-state index in [1.807, 2.05) is 19.1 Å². The normalized spacial score (nSPS) is 16.2. The lowest BCUT2D eigenvalue weighted by atomic mass is 10.1. The minimum absolute atomic E-state index is 0.00508. The molecular formula is C24H27N3O6. The number of methoxy groups -OCH3 is 1. The van der Waals surface area contributed by atoms with Crippen molar-refractivity contribution in [1.29, 1.82) is 0 Å². The van der Waals surface area contributed by atoms with Crippen molar-refractivity contribution in [2.24, 2.45) is 5.92 Å². The molecule has 0 aromatic heterocycles. The van der Waals surface area contributed by atoms with Crippen molar-refractivity contribution in [3.8, 4) is 5.75 Å². The van der Waals surface area contributed by atoms with Gasteiger partial charge in [0.25, 0.3) is 5.91 Å². The highest BCUT2D eigenvalue weighted by Gasteiger charge is 2.38. The molecule has 0 spiro atoms. The van der Waals surface area contributed by atoms with Crippen LogP contribution in [0, 0.1) is 12.8 Å².